The zero-order valence-electron chi connectivity index (χ0n) is 16.4. The summed E-state index contributed by atoms with van der Waals surface area (Å²) in [4.78, 5) is 19.7. The Bertz CT molecular complexity index is 827. The molecule has 0 atom stereocenters. The van der Waals surface area contributed by atoms with E-state index in [4.69, 9.17) is 4.98 Å². The van der Waals surface area contributed by atoms with E-state index in [1.54, 1.807) is 18.4 Å². The zero-order valence-corrected chi connectivity index (χ0v) is 17.2. The van der Waals surface area contributed by atoms with E-state index in [1.807, 2.05) is 11.9 Å². The number of rotatable bonds is 6. The van der Waals surface area contributed by atoms with Crippen LogP contribution < -0.4 is 10.6 Å². The number of aryl methyl sites for hydroxylation is 2. The van der Waals surface area contributed by atoms with Crippen LogP contribution in [-0.2, 0) is 25.6 Å². The Labute approximate surface area is 171 Å². The lowest BCUT2D eigenvalue weighted by atomic mass is 10.0. The van der Waals surface area contributed by atoms with E-state index in [1.165, 1.54) is 23.4 Å². The van der Waals surface area contributed by atoms with Crippen molar-refractivity contribution in [2.24, 2.45) is 4.99 Å². The van der Waals surface area contributed by atoms with E-state index in [2.05, 4.69) is 25.6 Å². The van der Waals surface area contributed by atoms with E-state index in [9.17, 15) is 13.2 Å². The fourth-order valence-electron chi connectivity index (χ4n) is 3.09. The zero-order chi connectivity index (χ0) is 20.9. The molecule has 3 rings (SSSR count). The Kier molecular flexibility index (Phi) is 6.88. The van der Waals surface area contributed by atoms with Crippen LogP contribution in [-0.4, -0.2) is 53.0 Å². The van der Waals surface area contributed by atoms with Gasteiger partial charge in [-0.15, -0.1) is 11.3 Å². The predicted molar refractivity (Wildman–Crippen MR) is 107 cm³/mol. The van der Waals surface area contributed by atoms with Gasteiger partial charge in [0.15, 0.2) is 5.96 Å². The number of hydrogen-bond donors (Lipinski definition) is 2. The van der Waals surface area contributed by atoms with Crippen molar-refractivity contribution >= 4 is 23.2 Å². The smallest absolute Gasteiger partial charge is 0.354 e. The summed E-state index contributed by atoms with van der Waals surface area (Å²) in [6, 6.07) is 0.844. The molecular weight excluding hydrogens is 403 g/mol. The first-order valence-electron chi connectivity index (χ1n) is 9.40. The van der Waals surface area contributed by atoms with Crippen LogP contribution in [0.3, 0.4) is 0 Å². The summed E-state index contributed by atoms with van der Waals surface area (Å²) >= 11 is 1.76. The molecule has 2 heterocycles. The maximum absolute atomic E-state index is 12.7. The largest absolute Gasteiger partial charge is 0.433 e. The first-order chi connectivity index (χ1) is 13.9. The fourth-order valence-corrected chi connectivity index (χ4v) is 4.30. The standard InChI is InChI=1S/C18H24F3N7S/c1-22-17(28(2)11-15-26-12-5-3-4-6-13(12)29-15)25-10-9-24-16-23-8-7-14(27-16)18(19,20)21/h7-8H,3-6,9-11H2,1-2H3,(H,22,25)(H,23,24,27). The van der Waals surface area contributed by atoms with Crippen molar-refractivity contribution < 1.29 is 13.2 Å². The van der Waals surface area contributed by atoms with Crippen LogP contribution in [0.25, 0.3) is 0 Å². The van der Waals surface area contributed by atoms with Gasteiger partial charge in [0.25, 0.3) is 0 Å². The molecule has 0 saturated heterocycles. The molecule has 0 radical (unpaired) electrons. The maximum atomic E-state index is 12.7. The average molecular weight is 428 g/mol. The molecule has 0 aromatic carbocycles. The molecule has 1 aliphatic carbocycles. The summed E-state index contributed by atoms with van der Waals surface area (Å²) in [5.74, 6) is 0.628. The van der Waals surface area contributed by atoms with Crippen LogP contribution >= 0.6 is 11.3 Å². The third kappa shape index (κ3) is 5.78. The normalized spacial score (nSPS) is 14.4. The van der Waals surface area contributed by atoms with Crippen LogP contribution in [0.15, 0.2) is 17.3 Å². The lowest BCUT2D eigenvalue weighted by molar-refractivity contribution is -0.141. The van der Waals surface area contributed by atoms with Gasteiger partial charge in [0.2, 0.25) is 5.95 Å². The highest BCUT2D eigenvalue weighted by Gasteiger charge is 2.32. The number of nitrogens with zero attached hydrogens (tertiary/aromatic N) is 5. The van der Waals surface area contributed by atoms with Gasteiger partial charge in [-0.25, -0.2) is 15.0 Å². The molecule has 1 aliphatic rings. The molecule has 0 aliphatic heterocycles. The molecule has 2 N–H and O–H groups in total. The summed E-state index contributed by atoms with van der Waals surface area (Å²) in [5, 5.41) is 7.04. The van der Waals surface area contributed by atoms with Crippen molar-refractivity contribution in [2.45, 2.75) is 38.4 Å². The molecule has 0 amide bonds. The molecule has 0 fully saturated rings. The van der Waals surface area contributed by atoms with Crippen LogP contribution in [0, 0.1) is 0 Å². The number of halogens is 3. The summed E-state index contributed by atoms with van der Waals surface area (Å²) in [6.07, 6.45) is 1.22. The highest BCUT2D eigenvalue weighted by atomic mass is 32.1. The number of aliphatic imine (C=N–C) groups is 1. The molecule has 2 aromatic rings. The first kappa shape index (κ1) is 21.3. The SMILES string of the molecule is CN=C(NCCNc1nccc(C(F)(F)F)n1)N(C)Cc1nc2c(s1)CCCC2. The van der Waals surface area contributed by atoms with Crippen molar-refractivity contribution in [3.05, 3.63) is 33.5 Å². The van der Waals surface area contributed by atoms with E-state index < -0.39 is 11.9 Å². The monoisotopic (exact) mass is 427 g/mol. The molecule has 0 bridgehead atoms. The second-order valence-electron chi connectivity index (χ2n) is 6.70. The van der Waals surface area contributed by atoms with Gasteiger partial charge >= 0.3 is 6.18 Å². The van der Waals surface area contributed by atoms with Crippen molar-refractivity contribution in [1.29, 1.82) is 0 Å². The third-order valence-corrected chi connectivity index (χ3v) is 5.62. The van der Waals surface area contributed by atoms with Gasteiger partial charge in [0, 0.05) is 38.3 Å². The van der Waals surface area contributed by atoms with Crippen LogP contribution in [0.2, 0.25) is 0 Å². The molecule has 0 unspecified atom stereocenters. The molecule has 0 spiro atoms. The van der Waals surface area contributed by atoms with Gasteiger partial charge in [-0.3, -0.25) is 4.99 Å². The second kappa shape index (κ2) is 9.38. The molecular formula is C18H24F3N7S. The van der Waals surface area contributed by atoms with Crippen LogP contribution in [0.5, 0.6) is 0 Å². The molecule has 7 nitrogen and oxygen atoms in total. The molecule has 11 heteroatoms. The predicted octanol–water partition coefficient (Wildman–Crippen LogP) is 2.95. The second-order valence-corrected chi connectivity index (χ2v) is 7.87. The molecule has 2 aromatic heterocycles. The highest BCUT2D eigenvalue weighted by Crippen LogP contribution is 2.28. The Hall–Kier alpha value is -2.43. The molecule has 158 valence electrons. The van der Waals surface area contributed by atoms with Crippen molar-refractivity contribution in [3.63, 3.8) is 0 Å². The van der Waals surface area contributed by atoms with Gasteiger partial charge in [0.05, 0.1) is 12.2 Å². The lowest BCUT2D eigenvalue weighted by Gasteiger charge is -2.21. The van der Waals surface area contributed by atoms with Crippen LogP contribution in [0.4, 0.5) is 19.1 Å². The first-order valence-corrected chi connectivity index (χ1v) is 10.2. The van der Waals surface area contributed by atoms with Gasteiger partial charge in [0.1, 0.15) is 10.7 Å². The summed E-state index contributed by atoms with van der Waals surface area (Å²) in [6.45, 7) is 1.45. The number of fused-ring (bicyclic) bond motifs is 1. The number of aromatic nitrogens is 3. The summed E-state index contributed by atoms with van der Waals surface area (Å²) in [7, 11) is 3.62. The average Bonchev–Trinajstić information content (AvgIpc) is 3.09. The summed E-state index contributed by atoms with van der Waals surface area (Å²) in [5.41, 5.74) is 0.266. The van der Waals surface area contributed by atoms with E-state index in [-0.39, 0.29) is 5.95 Å². The van der Waals surface area contributed by atoms with Gasteiger partial charge < -0.3 is 15.5 Å². The van der Waals surface area contributed by atoms with Crippen molar-refractivity contribution in [2.75, 3.05) is 32.5 Å². The number of nitrogens with one attached hydrogen (secondary N) is 2. The lowest BCUT2D eigenvalue weighted by Crippen LogP contribution is -2.40. The van der Waals surface area contributed by atoms with Crippen molar-refractivity contribution in [3.8, 4) is 0 Å². The van der Waals surface area contributed by atoms with Gasteiger partial charge in [-0.1, -0.05) is 0 Å². The summed E-state index contributed by atoms with van der Waals surface area (Å²) < 4.78 is 38.1. The number of guanidine groups is 1. The maximum Gasteiger partial charge on any atom is 0.433 e. The van der Waals surface area contributed by atoms with Gasteiger partial charge in [-0.05, 0) is 31.7 Å². The highest BCUT2D eigenvalue weighted by molar-refractivity contribution is 7.11. The number of anilines is 1. The molecule has 29 heavy (non-hydrogen) atoms. The Morgan fingerprint density at radius 2 is 2.03 bits per heavy atom. The number of thiazole rings is 1. The van der Waals surface area contributed by atoms with Crippen molar-refractivity contribution in [1.82, 2.24) is 25.2 Å². The minimum atomic E-state index is -4.49. The number of alkyl halides is 3. The third-order valence-electron chi connectivity index (χ3n) is 4.47. The fraction of sp³-hybridized carbons (Fsp3) is 0.556. The van der Waals surface area contributed by atoms with Gasteiger partial charge in [-0.2, -0.15) is 13.2 Å². The van der Waals surface area contributed by atoms with E-state index >= 15 is 0 Å². The number of hydrogen-bond acceptors (Lipinski definition) is 6. The minimum absolute atomic E-state index is 0.0571. The topological polar surface area (TPSA) is 78.3 Å². The quantitative estimate of drug-likeness (QED) is 0.419. The minimum Gasteiger partial charge on any atom is -0.354 e. The Morgan fingerprint density at radius 1 is 1.24 bits per heavy atom. The van der Waals surface area contributed by atoms with Crippen LogP contribution in [0.1, 0.15) is 34.1 Å². The Morgan fingerprint density at radius 3 is 2.76 bits per heavy atom. The Balaban J connectivity index is 1.47. The molecule has 0 saturated carbocycles. The van der Waals surface area contributed by atoms with E-state index in [0.29, 0.717) is 25.6 Å². The van der Waals surface area contributed by atoms with E-state index in [0.717, 1.165) is 30.1 Å².